The Kier molecular flexibility index (Phi) is 9.77. The van der Waals surface area contributed by atoms with Crippen LogP contribution in [0.4, 0.5) is 0 Å². The van der Waals surface area contributed by atoms with Gasteiger partial charge in [0.25, 0.3) is 0 Å². The highest BCUT2D eigenvalue weighted by molar-refractivity contribution is 9.10. The van der Waals surface area contributed by atoms with Gasteiger partial charge in [-0.25, -0.2) is 8.42 Å². The zero-order valence-corrected chi connectivity index (χ0v) is 20.1. The van der Waals surface area contributed by atoms with Crippen LogP contribution in [0, 0.1) is 0 Å². The number of sulfonamides is 1. The summed E-state index contributed by atoms with van der Waals surface area (Å²) in [5.41, 5.74) is 0.772. The monoisotopic (exact) mass is 516 g/mol. The lowest BCUT2D eigenvalue weighted by atomic mass is 10.2. The average molecular weight is 518 g/mol. The Morgan fingerprint density at radius 2 is 1.77 bits per heavy atom. The summed E-state index contributed by atoms with van der Waals surface area (Å²) >= 11 is 9.25. The molecule has 30 heavy (non-hydrogen) atoms. The van der Waals surface area contributed by atoms with Crippen molar-refractivity contribution < 1.29 is 17.9 Å². The van der Waals surface area contributed by atoms with Crippen LogP contribution in [0.1, 0.15) is 25.8 Å². The maximum atomic E-state index is 13.2. The number of carbonyl (C=O) groups is 1. The van der Waals surface area contributed by atoms with Gasteiger partial charge in [-0.15, -0.1) is 0 Å². The largest absolute Gasteiger partial charge is 0.379 e. The third-order valence-electron chi connectivity index (χ3n) is 4.14. The van der Waals surface area contributed by atoms with Crippen molar-refractivity contribution in [3.63, 3.8) is 0 Å². The van der Waals surface area contributed by atoms with Gasteiger partial charge >= 0.3 is 0 Å². The molecule has 0 unspecified atom stereocenters. The highest BCUT2D eigenvalue weighted by atomic mass is 79.9. The lowest BCUT2D eigenvalue weighted by Gasteiger charge is -2.22. The van der Waals surface area contributed by atoms with E-state index in [1.54, 1.807) is 0 Å². The minimum Gasteiger partial charge on any atom is -0.379 e. The van der Waals surface area contributed by atoms with Crippen LogP contribution in [0.3, 0.4) is 0 Å². The number of hydrogen-bond donors (Lipinski definition) is 1. The quantitative estimate of drug-likeness (QED) is 0.453. The number of benzene rings is 2. The third kappa shape index (κ3) is 8.00. The summed E-state index contributed by atoms with van der Waals surface area (Å²) in [5, 5.41) is 3.20. The van der Waals surface area contributed by atoms with Crippen LogP contribution in [0.15, 0.2) is 57.9 Å². The van der Waals surface area contributed by atoms with Crippen molar-refractivity contribution in [1.29, 1.82) is 0 Å². The normalized spacial score (nSPS) is 11.8. The third-order valence-corrected chi connectivity index (χ3v) is 6.72. The molecule has 164 valence electrons. The molecule has 2 rings (SSSR count). The van der Waals surface area contributed by atoms with E-state index in [-0.39, 0.29) is 30.0 Å². The zero-order valence-electron chi connectivity index (χ0n) is 17.0. The summed E-state index contributed by atoms with van der Waals surface area (Å²) in [5.74, 6) is -0.366. The lowest BCUT2D eigenvalue weighted by molar-refractivity contribution is -0.121. The molecule has 0 heterocycles. The molecule has 0 aromatic heterocycles. The van der Waals surface area contributed by atoms with E-state index in [1.807, 2.05) is 38.1 Å². The van der Waals surface area contributed by atoms with Crippen LogP contribution in [-0.4, -0.2) is 44.4 Å². The topological polar surface area (TPSA) is 75.7 Å². The van der Waals surface area contributed by atoms with Gasteiger partial charge in [0.15, 0.2) is 0 Å². The molecule has 0 radical (unpaired) electrons. The van der Waals surface area contributed by atoms with Crippen molar-refractivity contribution in [3.05, 3.63) is 63.6 Å². The van der Waals surface area contributed by atoms with Crippen LogP contribution in [0.2, 0.25) is 5.02 Å². The van der Waals surface area contributed by atoms with E-state index in [9.17, 15) is 13.2 Å². The first-order valence-corrected chi connectivity index (χ1v) is 12.2. The van der Waals surface area contributed by atoms with Crippen LogP contribution < -0.4 is 5.32 Å². The van der Waals surface area contributed by atoms with E-state index in [0.29, 0.717) is 24.6 Å². The highest BCUT2D eigenvalue weighted by Gasteiger charge is 2.27. The molecule has 0 aliphatic rings. The average Bonchev–Trinajstić information content (AvgIpc) is 2.69. The molecular formula is C21H26BrClN2O4S. The summed E-state index contributed by atoms with van der Waals surface area (Å²) < 4.78 is 33.8. The highest BCUT2D eigenvalue weighted by Crippen LogP contribution is 2.21. The first kappa shape index (κ1) is 24.8. The molecule has 0 fully saturated rings. The SMILES string of the molecule is CC(C)OCCCNC(=O)CN(Cc1ccc(Br)cc1)S(=O)(=O)c1ccc(Cl)cc1. The van der Waals surface area contributed by atoms with Gasteiger partial charge in [-0.05, 0) is 62.2 Å². The Morgan fingerprint density at radius 3 is 2.37 bits per heavy atom. The van der Waals surface area contributed by atoms with Gasteiger partial charge < -0.3 is 10.1 Å². The standard InChI is InChI=1S/C21H26BrClN2O4S/c1-16(2)29-13-3-12-24-21(26)15-25(14-17-4-6-18(22)7-5-17)30(27,28)20-10-8-19(23)9-11-20/h4-11,16H,3,12-15H2,1-2H3,(H,24,26). The fraction of sp³-hybridized carbons (Fsp3) is 0.381. The van der Waals surface area contributed by atoms with Crippen molar-refractivity contribution in [2.75, 3.05) is 19.7 Å². The minimum absolute atomic E-state index is 0.0715. The number of rotatable bonds is 11. The predicted octanol–water partition coefficient (Wildman–Crippen LogP) is 4.22. The second-order valence-electron chi connectivity index (χ2n) is 6.98. The second kappa shape index (κ2) is 11.8. The van der Waals surface area contributed by atoms with Crippen molar-refractivity contribution in [2.45, 2.75) is 37.8 Å². The maximum Gasteiger partial charge on any atom is 0.243 e. The molecular weight excluding hydrogens is 492 g/mol. The van der Waals surface area contributed by atoms with Gasteiger partial charge in [0.1, 0.15) is 0 Å². The van der Waals surface area contributed by atoms with Gasteiger partial charge in [0.05, 0.1) is 17.5 Å². The summed E-state index contributed by atoms with van der Waals surface area (Å²) in [6.45, 7) is 4.62. The molecule has 0 saturated carbocycles. The Hall–Kier alpha value is -1.45. The molecule has 2 aromatic carbocycles. The van der Waals surface area contributed by atoms with Crippen molar-refractivity contribution >= 4 is 43.5 Å². The molecule has 0 bridgehead atoms. The van der Waals surface area contributed by atoms with Gasteiger partial charge in [-0.3, -0.25) is 4.79 Å². The van der Waals surface area contributed by atoms with Gasteiger partial charge in [-0.1, -0.05) is 39.7 Å². The zero-order chi connectivity index (χ0) is 22.1. The molecule has 6 nitrogen and oxygen atoms in total. The molecule has 0 saturated heterocycles. The first-order valence-electron chi connectivity index (χ1n) is 9.57. The minimum atomic E-state index is -3.89. The van der Waals surface area contributed by atoms with Crippen LogP contribution >= 0.6 is 27.5 Å². The van der Waals surface area contributed by atoms with Gasteiger partial charge in [0.2, 0.25) is 15.9 Å². The number of nitrogens with zero attached hydrogens (tertiary/aromatic N) is 1. The number of nitrogens with one attached hydrogen (secondary N) is 1. The van der Waals surface area contributed by atoms with Crippen LogP contribution in [0.5, 0.6) is 0 Å². The molecule has 9 heteroatoms. The van der Waals surface area contributed by atoms with E-state index < -0.39 is 10.0 Å². The van der Waals surface area contributed by atoms with Gasteiger partial charge in [-0.2, -0.15) is 4.31 Å². The number of amides is 1. The van der Waals surface area contributed by atoms with E-state index in [4.69, 9.17) is 16.3 Å². The fourth-order valence-electron chi connectivity index (χ4n) is 2.61. The molecule has 0 aliphatic carbocycles. The van der Waals surface area contributed by atoms with Crippen LogP contribution in [0.25, 0.3) is 0 Å². The number of carbonyl (C=O) groups excluding carboxylic acids is 1. The second-order valence-corrected chi connectivity index (χ2v) is 10.3. The Balaban J connectivity index is 2.11. The van der Waals surface area contributed by atoms with E-state index in [2.05, 4.69) is 21.2 Å². The number of ether oxygens (including phenoxy) is 1. The number of halogens is 2. The molecule has 2 aromatic rings. The summed E-state index contributed by atoms with van der Waals surface area (Å²) in [7, 11) is -3.89. The summed E-state index contributed by atoms with van der Waals surface area (Å²) in [6, 6.07) is 13.2. The molecule has 0 atom stereocenters. The van der Waals surface area contributed by atoms with Crippen molar-refractivity contribution in [1.82, 2.24) is 9.62 Å². The van der Waals surface area contributed by atoms with Crippen molar-refractivity contribution in [3.8, 4) is 0 Å². The lowest BCUT2D eigenvalue weighted by Crippen LogP contribution is -2.40. The summed E-state index contributed by atoms with van der Waals surface area (Å²) in [6.07, 6.45) is 0.784. The summed E-state index contributed by atoms with van der Waals surface area (Å²) in [4.78, 5) is 12.5. The van der Waals surface area contributed by atoms with E-state index >= 15 is 0 Å². The molecule has 0 aliphatic heterocycles. The Labute approximate surface area is 191 Å². The predicted molar refractivity (Wildman–Crippen MR) is 122 cm³/mol. The Morgan fingerprint density at radius 1 is 1.13 bits per heavy atom. The van der Waals surface area contributed by atoms with E-state index in [1.165, 1.54) is 28.6 Å². The fourth-order valence-corrected chi connectivity index (χ4v) is 4.38. The number of hydrogen-bond acceptors (Lipinski definition) is 4. The van der Waals surface area contributed by atoms with E-state index in [0.717, 1.165) is 10.0 Å². The molecule has 0 spiro atoms. The van der Waals surface area contributed by atoms with Crippen molar-refractivity contribution in [2.24, 2.45) is 0 Å². The molecule has 1 N–H and O–H groups in total. The smallest absolute Gasteiger partial charge is 0.243 e. The Bertz CT molecular complexity index is 919. The first-order chi connectivity index (χ1) is 14.2. The molecule has 1 amide bonds. The van der Waals surface area contributed by atoms with Crippen LogP contribution in [-0.2, 0) is 26.1 Å². The van der Waals surface area contributed by atoms with Gasteiger partial charge in [0, 0.05) is 29.2 Å². The maximum absolute atomic E-state index is 13.2.